The van der Waals surface area contributed by atoms with Crippen LogP contribution in [0, 0.1) is 12.9 Å². The van der Waals surface area contributed by atoms with E-state index < -0.39 is 5.95 Å². The summed E-state index contributed by atoms with van der Waals surface area (Å²) in [5.74, 6) is -0.0689. The van der Waals surface area contributed by atoms with E-state index >= 15 is 0 Å². The molecule has 2 heterocycles. The van der Waals surface area contributed by atoms with Gasteiger partial charge < -0.3 is 11.1 Å². The molecule has 4 nitrogen and oxygen atoms in total. The number of nitrogen functional groups attached to an aromatic ring is 1. The Bertz CT molecular complexity index is 603. The van der Waals surface area contributed by atoms with E-state index in [1.54, 1.807) is 25.1 Å². The van der Waals surface area contributed by atoms with Crippen LogP contribution in [0.15, 0.2) is 24.4 Å². The molecule has 0 radical (unpaired) electrons. The quantitative estimate of drug-likeness (QED) is 0.847. The number of rotatable bonds is 3. The lowest BCUT2D eigenvalue weighted by Crippen LogP contribution is -2.12. The second kappa shape index (κ2) is 5.40. The molecule has 2 rings (SSSR count). The van der Waals surface area contributed by atoms with Crippen LogP contribution >= 0.6 is 11.6 Å². The van der Waals surface area contributed by atoms with Gasteiger partial charge >= 0.3 is 0 Å². The van der Waals surface area contributed by atoms with E-state index in [9.17, 15) is 4.39 Å². The molecule has 0 saturated carbocycles. The van der Waals surface area contributed by atoms with Gasteiger partial charge in [-0.25, -0.2) is 9.97 Å². The van der Waals surface area contributed by atoms with Crippen molar-refractivity contribution in [2.24, 2.45) is 0 Å². The second-order valence-corrected chi connectivity index (χ2v) is 4.66. The highest BCUT2D eigenvalue weighted by Gasteiger charge is 2.14. The molecule has 0 bridgehead atoms. The maximum Gasteiger partial charge on any atom is 0.218 e. The van der Waals surface area contributed by atoms with Crippen LogP contribution in [0.5, 0.6) is 0 Å². The molecule has 0 aromatic carbocycles. The van der Waals surface area contributed by atoms with Crippen molar-refractivity contribution in [1.82, 2.24) is 9.97 Å². The van der Waals surface area contributed by atoms with Crippen molar-refractivity contribution in [1.29, 1.82) is 0 Å². The van der Waals surface area contributed by atoms with Crippen LogP contribution in [0.2, 0.25) is 5.15 Å². The number of aromatic nitrogens is 2. The number of nitrogens with one attached hydrogen (secondary N) is 1. The maximum absolute atomic E-state index is 13.6. The second-order valence-electron chi connectivity index (χ2n) is 4.27. The molecule has 0 spiro atoms. The Balaban J connectivity index is 2.29. The number of halogens is 2. The van der Waals surface area contributed by atoms with Gasteiger partial charge in [0.05, 0.1) is 11.7 Å². The van der Waals surface area contributed by atoms with E-state index in [0.29, 0.717) is 22.2 Å². The molecule has 0 aliphatic carbocycles. The Hall–Kier alpha value is -1.88. The van der Waals surface area contributed by atoms with Crippen LogP contribution < -0.4 is 11.1 Å². The number of aryl methyl sites for hydroxylation is 1. The summed E-state index contributed by atoms with van der Waals surface area (Å²) in [6, 6.07) is 4.70. The van der Waals surface area contributed by atoms with Crippen LogP contribution in [0.1, 0.15) is 24.1 Å². The minimum absolute atomic E-state index is 0.318. The first kappa shape index (κ1) is 13.5. The van der Waals surface area contributed by atoms with Gasteiger partial charge in [0.1, 0.15) is 5.15 Å². The molecule has 100 valence electrons. The van der Waals surface area contributed by atoms with Crippen molar-refractivity contribution in [2.45, 2.75) is 19.9 Å². The number of nitrogens with zero attached hydrogens (tertiary/aromatic N) is 2. The van der Waals surface area contributed by atoms with Gasteiger partial charge in [-0.1, -0.05) is 17.7 Å². The SMILES string of the molecule is Cc1cc(Cl)nc(N[C@@H](C)c2cccnc2F)c1N. The Kier molecular flexibility index (Phi) is 3.85. The van der Waals surface area contributed by atoms with Gasteiger partial charge in [-0.2, -0.15) is 4.39 Å². The predicted octanol–water partition coefficient (Wildman–Crippen LogP) is 3.33. The highest BCUT2D eigenvalue weighted by molar-refractivity contribution is 6.29. The first-order chi connectivity index (χ1) is 8.99. The Morgan fingerprint density at radius 3 is 2.89 bits per heavy atom. The lowest BCUT2D eigenvalue weighted by atomic mass is 10.1. The lowest BCUT2D eigenvalue weighted by Gasteiger charge is -2.17. The first-order valence-electron chi connectivity index (χ1n) is 5.78. The highest BCUT2D eigenvalue weighted by atomic mass is 35.5. The standard InChI is InChI=1S/C13H14ClFN4/c1-7-6-10(14)19-13(11(7)16)18-8(2)9-4-3-5-17-12(9)15/h3-6,8H,16H2,1-2H3,(H,18,19)/t8-/m0/s1. The summed E-state index contributed by atoms with van der Waals surface area (Å²) in [7, 11) is 0. The van der Waals surface area contributed by atoms with Gasteiger partial charge in [-0.15, -0.1) is 0 Å². The zero-order valence-corrected chi connectivity index (χ0v) is 11.4. The fourth-order valence-corrected chi connectivity index (χ4v) is 2.00. The number of hydrogen-bond donors (Lipinski definition) is 2. The van der Waals surface area contributed by atoms with Crippen LogP contribution in [0.4, 0.5) is 15.9 Å². The molecule has 0 fully saturated rings. The largest absolute Gasteiger partial charge is 0.396 e. The molecule has 0 aliphatic rings. The highest BCUT2D eigenvalue weighted by Crippen LogP contribution is 2.27. The van der Waals surface area contributed by atoms with Gasteiger partial charge in [0.15, 0.2) is 5.82 Å². The third kappa shape index (κ3) is 2.93. The fraction of sp³-hybridized carbons (Fsp3) is 0.231. The van der Waals surface area contributed by atoms with E-state index in [1.807, 2.05) is 6.92 Å². The van der Waals surface area contributed by atoms with E-state index in [2.05, 4.69) is 15.3 Å². The summed E-state index contributed by atoms with van der Waals surface area (Å²) < 4.78 is 13.6. The molecule has 0 saturated heterocycles. The van der Waals surface area contributed by atoms with Gasteiger partial charge in [-0.3, -0.25) is 0 Å². The minimum atomic E-state index is -0.514. The third-order valence-electron chi connectivity index (χ3n) is 2.84. The van der Waals surface area contributed by atoms with Gasteiger partial charge in [0.25, 0.3) is 0 Å². The van der Waals surface area contributed by atoms with E-state index in [4.69, 9.17) is 17.3 Å². The number of anilines is 2. The van der Waals surface area contributed by atoms with Crippen molar-refractivity contribution in [3.05, 3.63) is 46.6 Å². The molecule has 3 N–H and O–H groups in total. The van der Waals surface area contributed by atoms with Gasteiger partial charge in [-0.05, 0) is 31.5 Å². The fourth-order valence-electron chi connectivity index (χ4n) is 1.76. The summed E-state index contributed by atoms with van der Waals surface area (Å²) in [5.41, 5.74) is 7.69. The molecule has 19 heavy (non-hydrogen) atoms. The Morgan fingerprint density at radius 1 is 1.47 bits per heavy atom. The van der Waals surface area contributed by atoms with Gasteiger partial charge in [0, 0.05) is 11.8 Å². The van der Waals surface area contributed by atoms with Crippen LogP contribution in [0.3, 0.4) is 0 Å². The topological polar surface area (TPSA) is 63.8 Å². The third-order valence-corrected chi connectivity index (χ3v) is 3.04. The Labute approximate surface area is 115 Å². The molecule has 1 atom stereocenters. The van der Waals surface area contributed by atoms with Crippen molar-refractivity contribution in [3.8, 4) is 0 Å². The van der Waals surface area contributed by atoms with Crippen LogP contribution in [0.25, 0.3) is 0 Å². The van der Waals surface area contributed by atoms with Crippen LogP contribution in [-0.2, 0) is 0 Å². The van der Waals surface area contributed by atoms with Gasteiger partial charge in [0.2, 0.25) is 5.95 Å². The van der Waals surface area contributed by atoms with E-state index in [0.717, 1.165) is 5.56 Å². The summed E-state index contributed by atoms with van der Waals surface area (Å²) in [4.78, 5) is 7.73. The van der Waals surface area contributed by atoms with E-state index in [1.165, 1.54) is 6.20 Å². The maximum atomic E-state index is 13.6. The Morgan fingerprint density at radius 2 is 2.21 bits per heavy atom. The van der Waals surface area contributed by atoms with Crippen molar-refractivity contribution >= 4 is 23.1 Å². The molecular formula is C13H14ClFN4. The molecule has 6 heteroatoms. The summed E-state index contributed by atoms with van der Waals surface area (Å²) >= 11 is 5.89. The van der Waals surface area contributed by atoms with Crippen LogP contribution in [-0.4, -0.2) is 9.97 Å². The molecule has 2 aromatic heterocycles. The molecule has 2 aromatic rings. The van der Waals surface area contributed by atoms with Crippen molar-refractivity contribution in [2.75, 3.05) is 11.1 Å². The summed E-state index contributed by atoms with van der Waals surface area (Å²) in [6.45, 7) is 3.64. The first-order valence-corrected chi connectivity index (χ1v) is 6.16. The molecular weight excluding hydrogens is 267 g/mol. The lowest BCUT2D eigenvalue weighted by molar-refractivity contribution is 0.558. The summed E-state index contributed by atoms with van der Waals surface area (Å²) in [5, 5.41) is 3.39. The van der Waals surface area contributed by atoms with E-state index in [-0.39, 0.29) is 6.04 Å². The molecule has 0 aliphatic heterocycles. The predicted molar refractivity (Wildman–Crippen MR) is 74.6 cm³/mol. The average Bonchev–Trinajstić information content (AvgIpc) is 2.35. The monoisotopic (exact) mass is 280 g/mol. The smallest absolute Gasteiger partial charge is 0.218 e. The number of hydrogen-bond acceptors (Lipinski definition) is 4. The molecule has 0 amide bonds. The minimum Gasteiger partial charge on any atom is -0.396 e. The zero-order valence-electron chi connectivity index (χ0n) is 10.6. The van der Waals surface area contributed by atoms with Crippen molar-refractivity contribution < 1.29 is 4.39 Å². The normalized spacial score (nSPS) is 12.2. The number of pyridine rings is 2. The zero-order chi connectivity index (χ0) is 14.0. The number of nitrogens with two attached hydrogens (primary N) is 1. The van der Waals surface area contributed by atoms with Crippen molar-refractivity contribution in [3.63, 3.8) is 0 Å². The molecule has 0 unspecified atom stereocenters. The summed E-state index contributed by atoms with van der Waals surface area (Å²) in [6.07, 6.45) is 1.40. The average molecular weight is 281 g/mol.